The highest BCUT2D eigenvalue weighted by atomic mass is 15.2. The summed E-state index contributed by atoms with van der Waals surface area (Å²) in [5, 5.41) is 3.37. The summed E-state index contributed by atoms with van der Waals surface area (Å²) >= 11 is 0. The Bertz CT molecular complexity index is 420. The van der Waals surface area contributed by atoms with E-state index in [1.54, 1.807) is 0 Å². The van der Waals surface area contributed by atoms with Crippen LogP contribution in [0.15, 0.2) is 18.2 Å². The van der Waals surface area contributed by atoms with Crippen molar-refractivity contribution in [2.75, 3.05) is 18.5 Å². The third-order valence-electron chi connectivity index (χ3n) is 5.02. The topological polar surface area (TPSA) is 15.3 Å². The molecule has 0 radical (unpaired) electrons. The molecule has 2 fully saturated rings. The quantitative estimate of drug-likeness (QED) is 0.895. The van der Waals surface area contributed by atoms with Gasteiger partial charge in [-0.2, -0.15) is 0 Å². The second kappa shape index (κ2) is 5.16. The van der Waals surface area contributed by atoms with E-state index in [4.69, 9.17) is 0 Å². The van der Waals surface area contributed by atoms with Crippen LogP contribution >= 0.6 is 0 Å². The van der Waals surface area contributed by atoms with E-state index in [1.165, 1.54) is 49.0 Å². The fourth-order valence-electron chi connectivity index (χ4n) is 4.32. The molecule has 1 aromatic rings. The molecule has 2 unspecified atom stereocenters. The number of fused-ring (bicyclic) bond motifs is 2. The van der Waals surface area contributed by atoms with E-state index in [0.717, 1.165) is 18.0 Å². The summed E-state index contributed by atoms with van der Waals surface area (Å²) in [5.74, 6) is 0.878. The van der Waals surface area contributed by atoms with Crippen molar-refractivity contribution < 1.29 is 0 Å². The fraction of sp³-hybridized carbons (Fsp3) is 0.647. The van der Waals surface area contributed by atoms with Crippen molar-refractivity contribution in [1.29, 1.82) is 0 Å². The van der Waals surface area contributed by atoms with Gasteiger partial charge in [-0.1, -0.05) is 18.2 Å². The van der Waals surface area contributed by atoms with Gasteiger partial charge < -0.3 is 10.2 Å². The first kappa shape index (κ1) is 13.0. The summed E-state index contributed by atoms with van der Waals surface area (Å²) in [6.07, 6.45) is 5.51. The van der Waals surface area contributed by atoms with Crippen molar-refractivity contribution in [2.24, 2.45) is 5.92 Å². The molecule has 2 heterocycles. The smallest absolute Gasteiger partial charge is 0.0430 e. The van der Waals surface area contributed by atoms with Crippen LogP contribution < -0.4 is 10.2 Å². The summed E-state index contributed by atoms with van der Waals surface area (Å²) < 4.78 is 0. The number of anilines is 1. The van der Waals surface area contributed by atoms with Crippen LogP contribution in [-0.4, -0.2) is 25.7 Å². The summed E-state index contributed by atoms with van der Waals surface area (Å²) in [4.78, 5) is 2.76. The molecule has 2 bridgehead atoms. The molecule has 2 nitrogen and oxygen atoms in total. The molecule has 0 saturated carbocycles. The minimum atomic E-state index is 0.775. The molecule has 2 aliphatic rings. The third kappa shape index (κ3) is 2.27. The van der Waals surface area contributed by atoms with Gasteiger partial charge in [0, 0.05) is 17.8 Å². The second-order valence-corrected chi connectivity index (χ2v) is 6.43. The van der Waals surface area contributed by atoms with Gasteiger partial charge in [0.2, 0.25) is 0 Å². The lowest BCUT2D eigenvalue weighted by molar-refractivity contribution is 0.332. The Morgan fingerprint density at radius 2 is 1.68 bits per heavy atom. The largest absolute Gasteiger partial charge is 0.365 e. The standard InChI is InChI=1S/C17H26N2/c1-12-5-4-6-13(2)17(12)19-15-7-8-16(19)10-14(9-15)11-18-3/h4-6,14-16,18H,7-11H2,1-3H3. The van der Waals surface area contributed by atoms with Crippen LogP contribution in [-0.2, 0) is 0 Å². The average molecular weight is 258 g/mol. The summed E-state index contributed by atoms with van der Waals surface area (Å²) in [6.45, 7) is 5.72. The highest BCUT2D eigenvalue weighted by molar-refractivity contribution is 5.61. The molecule has 0 spiro atoms. The number of para-hydroxylation sites is 1. The fourth-order valence-corrected chi connectivity index (χ4v) is 4.32. The lowest BCUT2D eigenvalue weighted by atomic mass is 9.89. The number of nitrogens with zero attached hydrogens (tertiary/aromatic N) is 1. The molecule has 2 aliphatic heterocycles. The summed E-state index contributed by atoms with van der Waals surface area (Å²) in [5.41, 5.74) is 4.42. The van der Waals surface area contributed by atoms with Gasteiger partial charge in [-0.05, 0) is 70.2 Å². The number of rotatable bonds is 3. The molecule has 104 valence electrons. The van der Waals surface area contributed by atoms with Gasteiger partial charge in [0.1, 0.15) is 0 Å². The van der Waals surface area contributed by atoms with Crippen molar-refractivity contribution >= 4 is 5.69 Å². The van der Waals surface area contributed by atoms with Crippen LogP contribution in [0.2, 0.25) is 0 Å². The van der Waals surface area contributed by atoms with E-state index in [9.17, 15) is 0 Å². The van der Waals surface area contributed by atoms with Crippen molar-refractivity contribution in [2.45, 2.75) is 51.6 Å². The molecule has 0 aliphatic carbocycles. The monoisotopic (exact) mass is 258 g/mol. The zero-order chi connectivity index (χ0) is 13.4. The number of aryl methyl sites for hydroxylation is 2. The predicted octanol–water partition coefficient (Wildman–Crippen LogP) is 3.27. The molecule has 2 heteroatoms. The Morgan fingerprint density at radius 3 is 2.21 bits per heavy atom. The maximum absolute atomic E-state index is 3.37. The molecule has 0 aromatic heterocycles. The minimum Gasteiger partial charge on any atom is -0.365 e. The Morgan fingerprint density at radius 1 is 1.11 bits per heavy atom. The van der Waals surface area contributed by atoms with Gasteiger partial charge in [0.25, 0.3) is 0 Å². The number of hydrogen-bond acceptors (Lipinski definition) is 2. The Balaban J connectivity index is 1.88. The molecule has 3 rings (SSSR count). The van der Waals surface area contributed by atoms with Crippen LogP contribution in [0.5, 0.6) is 0 Å². The van der Waals surface area contributed by atoms with Crippen molar-refractivity contribution in [3.63, 3.8) is 0 Å². The molecule has 19 heavy (non-hydrogen) atoms. The first-order valence-corrected chi connectivity index (χ1v) is 7.70. The van der Waals surface area contributed by atoms with E-state index < -0.39 is 0 Å². The van der Waals surface area contributed by atoms with Crippen LogP contribution in [0.1, 0.15) is 36.8 Å². The first-order valence-electron chi connectivity index (χ1n) is 7.70. The lowest BCUT2D eigenvalue weighted by Crippen LogP contribution is -2.45. The van der Waals surface area contributed by atoms with E-state index in [-0.39, 0.29) is 0 Å². The first-order chi connectivity index (χ1) is 9.20. The zero-order valence-electron chi connectivity index (χ0n) is 12.4. The SMILES string of the molecule is CNCC1CC2CCC(C1)N2c1c(C)cccc1C. The van der Waals surface area contributed by atoms with Crippen LogP contribution in [0, 0.1) is 19.8 Å². The normalized spacial score (nSPS) is 29.8. The molecular formula is C17H26N2. The maximum atomic E-state index is 3.37. The molecule has 1 aromatic carbocycles. The van der Waals surface area contributed by atoms with Gasteiger partial charge in [0.05, 0.1) is 0 Å². The number of hydrogen-bond donors (Lipinski definition) is 1. The van der Waals surface area contributed by atoms with Crippen LogP contribution in [0.3, 0.4) is 0 Å². The number of nitrogens with one attached hydrogen (secondary N) is 1. The van der Waals surface area contributed by atoms with Gasteiger partial charge in [-0.25, -0.2) is 0 Å². The Kier molecular flexibility index (Phi) is 3.53. The highest BCUT2D eigenvalue weighted by Gasteiger charge is 2.41. The van der Waals surface area contributed by atoms with Crippen molar-refractivity contribution in [1.82, 2.24) is 5.32 Å². The predicted molar refractivity (Wildman–Crippen MR) is 81.9 cm³/mol. The van der Waals surface area contributed by atoms with E-state index in [2.05, 4.69) is 49.3 Å². The van der Waals surface area contributed by atoms with E-state index in [1.807, 2.05) is 0 Å². The number of benzene rings is 1. The summed E-state index contributed by atoms with van der Waals surface area (Å²) in [6, 6.07) is 8.26. The molecule has 0 amide bonds. The summed E-state index contributed by atoms with van der Waals surface area (Å²) in [7, 11) is 2.08. The number of piperidine rings is 1. The molecule has 2 atom stereocenters. The Labute approximate surface area is 117 Å². The van der Waals surface area contributed by atoms with Gasteiger partial charge >= 0.3 is 0 Å². The average Bonchev–Trinajstić information content (AvgIpc) is 2.63. The van der Waals surface area contributed by atoms with E-state index >= 15 is 0 Å². The van der Waals surface area contributed by atoms with Crippen LogP contribution in [0.25, 0.3) is 0 Å². The van der Waals surface area contributed by atoms with Gasteiger partial charge in [0.15, 0.2) is 0 Å². The third-order valence-corrected chi connectivity index (χ3v) is 5.02. The van der Waals surface area contributed by atoms with E-state index in [0.29, 0.717) is 0 Å². The second-order valence-electron chi connectivity index (χ2n) is 6.43. The molecule has 1 N–H and O–H groups in total. The maximum Gasteiger partial charge on any atom is 0.0430 e. The minimum absolute atomic E-state index is 0.775. The van der Waals surface area contributed by atoms with Crippen molar-refractivity contribution in [3.8, 4) is 0 Å². The molecule has 2 saturated heterocycles. The van der Waals surface area contributed by atoms with Crippen LogP contribution in [0.4, 0.5) is 5.69 Å². The zero-order valence-corrected chi connectivity index (χ0v) is 12.4. The lowest BCUT2D eigenvalue weighted by Gasteiger charge is -2.42. The Hall–Kier alpha value is -1.02. The molecular weight excluding hydrogens is 232 g/mol. The van der Waals surface area contributed by atoms with Gasteiger partial charge in [-0.15, -0.1) is 0 Å². The van der Waals surface area contributed by atoms with Crippen molar-refractivity contribution in [3.05, 3.63) is 29.3 Å². The highest BCUT2D eigenvalue weighted by Crippen LogP contribution is 2.43. The van der Waals surface area contributed by atoms with Gasteiger partial charge in [-0.3, -0.25) is 0 Å².